The molecule has 0 aliphatic rings. The highest BCUT2D eigenvalue weighted by atomic mass is 32.1. The third kappa shape index (κ3) is 3.73. The molecule has 140 valence electrons. The molecule has 0 spiro atoms. The van der Waals surface area contributed by atoms with Gasteiger partial charge in [-0.25, -0.2) is 9.37 Å². The zero-order valence-corrected chi connectivity index (χ0v) is 15.9. The molecule has 0 saturated heterocycles. The highest BCUT2D eigenvalue weighted by molar-refractivity contribution is 7.21. The second-order valence-electron chi connectivity index (χ2n) is 6.23. The van der Waals surface area contributed by atoms with Gasteiger partial charge < -0.3 is 10.1 Å². The second kappa shape index (κ2) is 7.78. The van der Waals surface area contributed by atoms with E-state index in [-0.39, 0.29) is 18.1 Å². The molecule has 0 fully saturated rings. The van der Waals surface area contributed by atoms with Crippen molar-refractivity contribution in [1.82, 2.24) is 4.98 Å². The Labute approximate surface area is 165 Å². The summed E-state index contributed by atoms with van der Waals surface area (Å²) in [6, 6.07) is 20.0. The molecule has 3 aromatic carbocycles. The number of benzene rings is 3. The van der Waals surface area contributed by atoms with Crippen molar-refractivity contribution in [1.29, 1.82) is 0 Å². The van der Waals surface area contributed by atoms with Gasteiger partial charge in [0.1, 0.15) is 5.01 Å². The number of rotatable bonds is 5. The zero-order chi connectivity index (χ0) is 19.5. The Bertz CT molecular complexity index is 1120. The van der Waals surface area contributed by atoms with Crippen molar-refractivity contribution in [3.05, 3.63) is 78.1 Å². The number of hydrogen-bond acceptors (Lipinski definition) is 4. The van der Waals surface area contributed by atoms with Gasteiger partial charge in [-0.15, -0.1) is 11.3 Å². The molecule has 1 heterocycles. The summed E-state index contributed by atoms with van der Waals surface area (Å²) in [5, 5.41) is 3.76. The first-order chi connectivity index (χ1) is 13.6. The number of fused-ring (bicyclic) bond motifs is 1. The van der Waals surface area contributed by atoms with E-state index in [4.69, 9.17) is 4.74 Å². The number of nitrogens with one attached hydrogen (secondary N) is 1. The van der Waals surface area contributed by atoms with Crippen molar-refractivity contribution in [2.45, 2.75) is 6.42 Å². The van der Waals surface area contributed by atoms with Gasteiger partial charge in [-0.3, -0.25) is 4.79 Å². The number of carbonyl (C=O) groups is 1. The number of carbonyl (C=O) groups excluding carboxylic acids is 1. The number of ether oxygens (including phenoxy) is 1. The van der Waals surface area contributed by atoms with Gasteiger partial charge in [0.15, 0.2) is 11.6 Å². The largest absolute Gasteiger partial charge is 0.494 e. The highest BCUT2D eigenvalue weighted by Crippen LogP contribution is 2.34. The highest BCUT2D eigenvalue weighted by Gasteiger charge is 2.13. The summed E-state index contributed by atoms with van der Waals surface area (Å²) in [5.41, 5.74) is 3.05. The smallest absolute Gasteiger partial charge is 0.228 e. The lowest BCUT2D eigenvalue weighted by Gasteiger charge is -2.10. The Hall–Kier alpha value is -3.25. The molecule has 0 saturated carbocycles. The summed E-state index contributed by atoms with van der Waals surface area (Å²) in [4.78, 5) is 17.2. The Morgan fingerprint density at radius 2 is 1.89 bits per heavy atom. The molecule has 1 aromatic heterocycles. The molecule has 4 aromatic rings. The minimum Gasteiger partial charge on any atom is -0.494 e. The Morgan fingerprint density at radius 3 is 2.68 bits per heavy atom. The van der Waals surface area contributed by atoms with Crippen LogP contribution in [0.25, 0.3) is 20.8 Å². The van der Waals surface area contributed by atoms with Crippen LogP contribution >= 0.6 is 11.3 Å². The number of halogens is 1. The fourth-order valence-electron chi connectivity index (χ4n) is 2.97. The van der Waals surface area contributed by atoms with Crippen LogP contribution in [0, 0.1) is 5.82 Å². The van der Waals surface area contributed by atoms with E-state index >= 15 is 0 Å². The molecule has 0 atom stereocenters. The topological polar surface area (TPSA) is 51.2 Å². The molecule has 1 N–H and O–H groups in total. The molecular formula is C22H17FN2O2S. The number of hydrogen-bond donors (Lipinski definition) is 1. The quantitative estimate of drug-likeness (QED) is 0.502. The first-order valence-electron chi connectivity index (χ1n) is 8.71. The number of nitrogens with zero attached hydrogens (tertiary/aromatic N) is 1. The molecule has 0 aliphatic heterocycles. The number of aromatic nitrogens is 1. The third-order valence-electron chi connectivity index (χ3n) is 4.31. The number of para-hydroxylation sites is 2. The maximum Gasteiger partial charge on any atom is 0.228 e. The van der Waals surface area contributed by atoms with Crippen LogP contribution in [-0.2, 0) is 11.2 Å². The Balaban J connectivity index is 1.57. The molecule has 0 radical (unpaired) electrons. The molecule has 4 rings (SSSR count). The third-order valence-corrected chi connectivity index (χ3v) is 5.38. The van der Waals surface area contributed by atoms with E-state index in [0.29, 0.717) is 11.3 Å². The summed E-state index contributed by atoms with van der Waals surface area (Å²) >= 11 is 1.58. The average Bonchev–Trinajstić information content (AvgIpc) is 3.12. The van der Waals surface area contributed by atoms with Crippen molar-refractivity contribution < 1.29 is 13.9 Å². The van der Waals surface area contributed by atoms with Crippen LogP contribution < -0.4 is 10.1 Å². The summed E-state index contributed by atoms with van der Waals surface area (Å²) in [5.74, 6) is -0.550. The van der Waals surface area contributed by atoms with Crippen molar-refractivity contribution in [3.8, 4) is 16.3 Å². The van der Waals surface area contributed by atoms with Crippen molar-refractivity contribution in [2.24, 2.45) is 0 Å². The van der Waals surface area contributed by atoms with E-state index < -0.39 is 5.82 Å². The van der Waals surface area contributed by atoms with Crippen LogP contribution in [0.2, 0.25) is 0 Å². The molecule has 4 nitrogen and oxygen atoms in total. The van der Waals surface area contributed by atoms with Crippen LogP contribution in [0.4, 0.5) is 10.1 Å². The van der Waals surface area contributed by atoms with E-state index in [9.17, 15) is 9.18 Å². The summed E-state index contributed by atoms with van der Waals surface area (Å²) in [7, 11) is 1.41. The van der Waals surface area contributed by atoms with E-state index in [1.165, 1.54) is 19.2 Å². The van der Waals surface area contributed by atoms with Crippen LogP contribution in [0.1, 0.15) is 5.56 Å². The Morgan fingerprint density at radius 1 is 1.11 bits per heavy atom. The normalized spacial score (nSPS) is 10.8. The maximum absolute atomic E-state index is 13.9. The van der Waals surface area contributed by atoms with Crippen LogP contribution in [0.5, 0.6) is 5.75 Å². The molecule has 0 bridgehead atoms. The van der Waals surface area contributed by atoms with Gasteiger partial charge in [0.25, 0.3) is 0 Å². The maximum atomic E-state index is 13.9. The van der Waals surface area contributed by atoms with Gasteiger partial charge in [0, 0.05) is 5.56 Å². The van der Waals surface area contributed by atoms with E-state index in [2.05, 4.69) is 10.3 Å². The zero-order valence-electron chi connectivity index (χ0n) is 15.1. The molecule has 0 aliphatic carbocycles. The fourth-order valence-corrected chi connectivity index (χ4v) is 3.97. The van der Waals surface area contributed by atoms with Gasteiger partial charge in [0.05, 0.1) is 29.4 Å². The lowest BCUT2D eigenvalue weighted by Crippen LogP contribution is -2.15. The fraction of sp³-hybridized carbons (Fsp3) is 0.0909. The molecule has 0 unspecified atom stereocenters. The van der Waals surface area contributed by atoms with Crippen LogP contribution in [0.3, 0.4) is 0 Å². The number of methoxy groups -OCH3 is 1. The lowest BCUT2D eigenvalue weighted by molar-refractivity contribution is -0.115. The average molecular weight is 392 g/mol. The van der Waals surface area contributed by atoms with Crippen LogP contribution in [0.15, 0.2) is 66.7 Å². The minimum absolute atomic E-state index is 0.0646. The predicted octanol–water partition coefficient (Wildman–Crippen LogP) is 5.29. The summed E-state index contributed by atoms with van der Waals surface area (Å²) in [6.07, 6.45) is 0.0646. The second-order valence-corrected chi connectivity index (χ2v) is 7.26. The summed E-state index contributed by atoms with van der Waals surface area (Å²) in [6.45, 7) is 0. The predicted molar refractivity (Wildman–Crippen MR) is 110 cm³/mol. The van der Waals surface area contributed by atoms with Gasteiger partial charge in [-0.05, 0) is 42.0 Å². The van der Waals surface area contributed by atoms with Crippen molar-refractivity contribution in [2.75, 3.05) is 12.4 Å². The van der Waals surface area contributed by atoms with Crippen LogP contribution in [-0.4, -0.2) is 18.0 Å². The first-order valence-corrected chi connectivity index (χ1v) is 9.53. The minimum atomic E-state index is -0.484. The Kier molecular flexibility index (Phi) is 5.04. The van der Waals surface area contributed by atoms with E-state index in [1.54, 1.807) is 17.4 Å². The number of amides is 1. The first kappa shape index (κ1) is 18.1. The van der Waals surface area contributed by atoms with Gasteiger partial charge in [-0.2, -0.15) is 0 Å². The molecule has 6 heteroatoms. The van der Waals surface area contributed by atoms with Crippen molar-refractivity contribution >= 4 is 33.1 Å². The SMILES string of the molecule is COc1ccc(CC(=O)Nc2ccccc2-c2nc3ccccc3s2)cc1F. The lowest BCUT2D eigenvalue weighted by atomic mass is 10.1. The number of thiazole rings is 1. The number of anilines is 1. The molecular weight excluding hydrogens is 375 g/mol. The monoisotopic (exact) mass is 392 g/mol. The van der Waals surface area contributed by atoms with Crippen molar-refractivity contribution in [3.63, 3.8) is 0 Å². The van der Waals surface area contributed by atoms with Gasteiger partial charge >= 0.3 is 0 Å². The molecule has 1 amide bonds. The van der Waals surface area contributed by atoms with E-state index in [0.717, 1.165) is 20.8 Å². The standard InChI is InChI=1S/C22H17FN2O2S/c1-27-19-11-10-14(12-16(19)23)13-21(26)24-17-7-3-2-6-15(17)22-25-18-8-4-5-9-20(18)28-22/h2-12H,13H2,1H3,(H,24,26). The van der Waals surface area contributed by atoms with Gasteiger partial charge in [0.2, 0.25) is 5.91 Å². The van der Waals surface area contributed by atoms with Gasteiger partial charge in [-0.1, -0.05) is 30.3 Å². The van der Waals surface area contributed by atoms with E-state index in [1.807, 2.05) is 48.5 Å². The molecule has 28 heavy (non-hydrogen) atoms. The summed E-state index contributed by atoms with van der Waals surface area (Å²) < 4.78 is 19.9.